The van der Waals surface area contributed by atoms with Crippen molar-refractivity contribution in [2.45, 2.75) is 28.6 Å². The lowest BCUT2D eigenvalue weighted by atomic mass is 10.2. The Kier molecular flexibility index (Phi) is 6.23. The zero-order valence-corrected chi connectivity index (χ0v) is 14.7. The monoisotopic (exact) mass is 348 g/mol. The van der Waals surface area contributed by atoms with E-state index in [4.69, 9.17) is 0 Å². The molecule has 0 bridgehead atoms. The molecule has 0 spiro atoms. The molecule has 0 radical (unpaired) electrons. The minimum atomic E-state index is 0.680. The van der Waals surface area contributed by atoms with Gasteiger partial charge in [-0.2, -0.15) is 0 Å². The molecular formula is C21H20N2OS. The van der Waals surface area contributed by atoms with Crippen LogP contribution in [-0.4, -0.2) is 11.4 Å². The number of nitrogens with zero attached hydrogens (tertiary/aromatic N) is 1. The highest BCUT2D eigenvalue weighted by Gasteiger charge is 2.22. The number of pyridine rings is 1. The number of rotatable bonds is 5. The standard InChI is InChI=1S/C13H11NOS.C8H9N/c15-10-14-11-6-8-13(9-7-11)16-12-4-2-1-3-5-12;1-2-7(1)8-3-5-9-6-4-8/h1-10H,(H,14,15);3-7H,1-2H2. The van der Waals surface area contributed by atoms with Crippen molar-refractivity contribution in [2.24, 2.45) is 0 Å². The lowest BCUT2D eigenvalue weighted by Crippen LogP contribution is -1.92. The van der Waals surface area contributed by atoms with E-state index in [-0.39, 0.29) is 0 Å². The Morgan fingerprint density at radius 2 is 1.52 bits per heavy atom. The molecule has 2 aromatic carbocycles. The van der Waals surface area contributed by atoms with Crippen LogP contribution in [0.3, 0.4) is 0 Å². The molecule has 1 amide bonds. The number of carbonyl (C=O) groups excluding carboxylic acids is 1. The lowest BCUT2D eigenvalue weighted by Gasteiger charge is -2.02. The fourth-order valence-electron chi connectivity index (χ4n) is 2.36. The normalized spacial score (nSPS) is 12.6. The molecule has 1 aromatic heterocycles. The Bertz CT molecular complexity index is 772. The second-order valence-electron chi connectivity index (χ2n) is 5.76. The Labute approximate surface area is 152 Å². The molecular weight excluding hydrogens is 328 g/mol. The van der Waals surface area contributed by atoms with E-state index in [2.05, 4.69) is 34.6 Å². The highest BCUT2D eigenvalue weighted by Crippen LogP contribution is 2.39. The van der Waals surface area contributed by atoms with Gasteiger partial charge in [-0.15, -0.1) is 0 Å². The first-order valence-corrected chi connectivity index (χ1v) is 9.10. The summed E-state index contributed by atoms with van der Waals surface area (Å²) in [4.78, 5) is 16.6. The van der Waals surface area contributed by atoms with Crippen LogP contribution in [0.2, 0.25) is 0 Å². The summed E-state index contributed by atoms with van der Waals surface area (Å²) in [7, 11) is 0. The lowest BCUT2D eigenvalue weighted by molar-refractivity contribution is -0.105. The van der Waals surface area contributed by atoms with Crippen molar-refractivity contribution >= 4 is 23.9 Å². The molecule has 3 aromatic rings. The van der Waals surface area contributed by atoms with Gasteiger partial charge < -0.3 is 5.32 Å². The summed E-state index contributed by atoms with van der Waals surface area (Å²) in [6, 6.07) is 22.2. The number of anilines is 1. The summed E-state index contributed by atoms with van der Waals surface area (Å²) >= 11 is 1.70. The molecule has 1 aliphatic rings. The summed E-state index contributed by atoms with van der Waals surface area (Å²) < 4.78 is 0. The van der Waals surface area contributed by atoms with Crippen molar-refractivity contribution in [1.29, 1.82) is 0 Å². The zero-order valence-electron chi connectivity index (χ0n) is 13.8. The van der Waals surface area contributed by atoms with Gasteiger partial charge in [0.1, 0.15) is 0 Å². The van der Waals surface area contributed by atoms with Crippen LogP contribution in [0, 0.1) is 0 Å². The molecule has 1 N–H and O–H groups in total. The Balaban J connectivity index is 0.000000170. The highest BCUT2D eigenvalue weighted by molar-refractivity contribution is 7.99. The van der Waals surface area contributed by atoms with Gasteiger partial charge in [0.25, 0.3) is 0 Å². The van der Waals surface area contributed by atoms with Crippen LogP contribution in [0.5, 0.6) is 0 Å². The molecule has 1 fully saturated rings. The van der Waals surface area contributed by atoms with Crippen molar-refractivity contribution in [3.05, 3.63) is 84.7 Å². The molecule has 1 aliphatic carbocycles. The molecule has 1 saturated carbocycles. The van der Waals surface area contributed by atoms with Crippen LogP contribution >= 0.6 is 11.8 Å². The number of amides is 1. The molecule has 126 valence electrons. The fourth-order valence-corrected chi connectivity index (χ4v) is 3.20. The van der Waals surface area contributed by atoms with E-state index in [0.717, 1.165) is 16.5 Å². The second kappa shape index (κ2) is 9.04. The number of benzene rings is 2. The third-order valence-electron chi connectivity index (χ3n) is 3.81. The van der Waals surface area contributed by atoms with Crippen LogP contribution in [0.15, 0.2) is 88.9 Å². The van der Waals surface area contributed by atoms with Crippen LogP contribution < -0.4 is 5.32 Å². The Morgan fingerprint density at radius 1 is 0.880 bits per heavy atom. The maximum atomic E-state index is 10.2. The number of hydrogen-bond acceptors (Lipinski definition) is 3. The molecule has 25 heavy (non-hydrogen) atoms. The summed E-state index contributed by atoms with van der Waals surface area (Å²) in [5, 5.41) is 2.61. The maximum absolute atomic E-state index is 10.2. The highest BCUT2D eigenvalue weighted by atomic mass is 32.2. The van der Waals surface area contributed by atoms with Gasteiger partial charge in [-0.05, 0) is 72.9 Å². The molecule has 0 saturated heterocycles. The van der Waals surface area contributed by atoms with Gasteiger partial charge in [0.05, 0.1) is 0 Å². The SMILES string of the molecule is O=CNc1ccc(Sc2ccccc2)cc1.c1cc(C2CC2)ccn1. The topological polar surface area (TPSA) is 42.0 Å². The molecule has 1 heterocycles. The van der Waals surface area contributed by atoms with Crippen molar-refractivity contribution < 1.29 is 4.79 Å². The van der Waals surface area contributed by atoms with Crippen LogP contribution in [0.25, 0.3) is 0 Å². The molecule has 4 rings (SSSR count). The zero-order chi connectivity index (χ0) is 17.3. The minimum Gasteiger partial charge on any atom is -0.329 e. The van der Waals surface area contributed by atoms with Gasteiger partial charge in [-0.1, -0.05) is 30.0 Å². The number of nitrogens with one attached hydrogen (secondary N) is 1. The van der Waals surface area contributed by atoms with E-state index in [0.29, 0.717) is 6.41 Å². The predicted octanol–water partition coefficient (Wildman–Crippen LogP) is 5.37. The van der Waals surface area contributed by atoms with Crippen molar-refractivity contribution in [3.63, 3.8) is 0 Å². The van der Waals surface area contributed by atoms with Crippen LogP contribution in [0.1, 0.15) is 24.3 Å². The van der Waals surface area contributed by atoms with E-state index in [1.807, 2.05) is 54.9 Å². The molecule has 0 unspecified atom stereocenters. The van der Waals surface area contributed by atoms with E-state index in [1.54, 1.807) is 11.8 Å². The molecule has 0 aliphatic heterocycles. The first kappa shape index (κ1) is 17.2. The van der Waals surface area contributed by atoms with Crippen LogP contribution in [0.4, 0.5) is 5.69 Å². The molecule has 3 nitrogen and oxygen atoms in total. The van der Waals surface area contributed by atoms with Gasteiger partial charge in [0, 0.05) is 27.9 Å². The Morgan fingerprint density at radius 3 is 2.12 bits per heavy atom. The van der Waals surface area contributed by atoms with E-state index < -0.39 is 0 Å². The minimum absolute atomic E-state index is 0.680. The van der Waals surface area contributed by atoms with Gasteiger partial charge in [-0.3, -0.25) is 9.78 Å². The van der Waals surface area contributed by atoms with E-state index in [1.165, 1.54) is 23.3 Å². The van der Waals surface area contributed by atoms with Gasteiger partial charge in [0.15, 0.2) is 0 Å². The number of hydrogen-bond donors (Lipinski definition) is 1. The summed E-state index contributed by atoms with van der Waals surface area (Å²) in [6.07, 6.45) is 7.18. The van der Waals surface area contributed by atoms with Crippen LogP contribution in [-0.2, 0) is 4.79 Å². The number of aromatic nitrogens is 1. The Hall–Kier alpha value is -2.59. The van der Waals surface area contributed by atoms with Gasteiger partial charge in [0.2, 0.25) is 6.41 Å². The average Bonchev–Trinajstić information content (AvgIpc) is 3.51. The van der Waals surface area contributed by atoms with Gasteiger partial charge >= 0.3 is 0 Å². The van der Waals surface area contributed by atoms with E-state index >= 15 is 0 Å². The van der Waals surface area contributed by atoms with Crippen molar-refractivity contribution in [2.75, 3.05) is 5.32 Å². The van der Waals surface area contributed by atoms with Gasteiger partial charge in [-0.25, -0.2) is 0 Å². The second-order valence-corrected chi connectivity index (χ2v) is 6.90. The maximum Gasteiger partial charge on any atom is 0.211 e. The van der Waals surface area contributed by atoms with E-state index in [9.17, 15) is 4.79 Å². The largest absolute Gasteiger partial charge is 0.329 e. The third kappa shape index (κ3) is 5.76. The summed E-state index contributed by atoms with van der Waals surface area (Å²) in [5.74, 6) is 0.869. The molecule has 0 atom stereocenters. The first-order chi connectivity index (χ1) is 12.3. The predicted molar refractivity (Wildman–Crippen MR) is 103 cm³/mol. The summed E-state index contributed by atoms with van der Waals surface area (Å²) in [5.41, 5.74) is 2.28. The quantitative estimate of drug-likeness (QED) is 0.631. The molecule has 4 heteroatoms. The summed E-state index contributed by atoms with van der Waals surface area (Å²) in [6.45, 7) is 0. The average molecular weight is 348 g/mol. The first-order valence-electron chi connectivity index (χ1n) is 8.28. The fraction of sp³-hybridized carbons (Fsp3) is 0.143. The van der Waals surface area contributed by atoms with Crippen molar-refractivity contribution in [3.8, 4) is 0 Å². The number of carbonyl (C=O) groups is 1. The van der Waals surface area contributed by atoms with Crippen molar-refractivity contribution in [1.82, 2.24) is 4.98 Å². The third-order valence-corrected chi connectivity index (χ3v) is 4.83. The smallest absolute Gasteiger partial charge is 0.211 e.